The minimum Gasteiger partial charge on any atom is -0.480 e. The summed E-state index contributed by atoms with van der Waals surface area (Å²) in [6, 6.07) is 2.65. The molecule has 19 nitrogen and oxygen atoms in total. The number of carbonyl (C=O) groups is 1. The van der Waals surface area contributed by atoms with Crippen LogP contribution in [0.4, 0.5) is 4.39 Å². The Bertz CT molecular complexity index is 2180. The summed E-state index contributed by atoms with van der Waals surface area (Å²) in [6.45, 7) is 21.6. The van der Waals surface area contributed by atoms with Crippen LogP contribution in [0, 0.1) is 30.5 Å². The number of sulfonamides is 1. The van der Waals surface area contributed by atoms with Gasteiger partial charge in [0.1, 0.15) is 29.0 Å². The van der Waals surface area contributed by atoms with E-state index in [-0.39, 0.29) is 55.6 Å². The third-order valence-electron chi connectivity index (χ3n) is 15.6. The van der Waals surface area contributed by atoms with Gasteiger partial charge in [0.2, 0.25) is 5.16 Å². The average Bonchev–Trinajstić information content (AvgIpc) is 3.76. The van der Waals surface area contributed by atoms with E-state index in [2.05, 4.69) is 15.6 Å². The highest BCUT2D eigenvalue weighted by atomic mass is 32.2. The van der Waals surface area contributed by atoms with Crippen LogP contribution in [0.5, 0.6) is 5.75 Å². The molecule has 72 heavy (non-hydrogen) atoms. The highest BCUT2D eigenvalue weighted by Gasteiger charge is 2.59. The van der Waals surface area contributed by atoms with E-state index in [9.17, 15) is 33.6 Å². The highest BCUT2D eigenvalue weighted by Crippen LogP contribution is 2.44. The Kier molecular flexibility index (Phi) is 20.0. The van der Waals surface area contributed by atoms with Gasteiger partial charge in [0, 0.05) is 58.5 Å². The lowest BCUT2D eigenvalue weighted by molar-refractivity contribution is -0.335. The number of para-hydroxylation sites is 1. The van der Waals surface area contributed by atoms with E-state index >= 15 is 4.39 Å². The monoisotopic (exact) mass is 1040 g/mol. The molecule has 0 amide bonds. The van der Waals surface area contributed by atoms with E-state index in [1.54, 1.807) is 75.4 Å². The Balaban J connectivity index is 1.68. The first-order valence-corrected chi connectivity index (χ1v) is 27.0. The van der Waals surface area contributed by atoms with Crippen molar-refractivity contribution in [1.29, 1.82) is 0 Å². The molecule has 5 rings (SSSR count). The van der Waals surface area contributed by atoms with Crippen molar-refractivity contribution in [3.05, 3.63) is 42.0 Å². The second-order valence-electron chi connectivity index (χ2n) is 21.5. The zero-order valence-electron chi connectivity index (χ0n) is 45.1. The number of carbonyl (C=O) groups excluding carboxylic acids is 1. The number of likely N-dealkylation sites (N-methyl/N-ethyl adjacent to an activating group) is 1. The predicted molar refractivity (Wildman–Crippen MR) is 266 cm³/mol. The van der Waals surface area contributed by atoms with Crippen molar-refractivity contribution in [2.45, 2.75) is 210 Å². The Morgan fingerprint density at radius 3 is 2.31 bits per heavy atom. The number of methoxy groups -OCH3 is 1. The Morgan fingerprint density at radius 2 is 1.71 bits per heavy atom. The number of nitrogens with one attached hydrogen (secondary N) is 2. The highest BCUT2D eigenvalue weighted by molar-refractivity contribution is 7.89. The van der Waals surface area contributed by atoms with E-state index in [1.807, 2.05) is 13.8 Å². The van der Waals surface area contributed by atoms with Crippen molar-refractivity contribution in [2.24, 2.45) is 24.8 Å². The van der Waals surface area contributed by atoms with Gasteiger partial charge in [-0.25, -0.2) is 17.8 Å². The number of rotatable bonds is 15. The number of imidazole rings is 1. The molecule has 0 radical (unpaired) electrons. The first-order chi connectivity index (χ1) is 33.5. The van der Waals surface area contributed by atoms with E-state index in [0.29, 0.717) is 12.1 Å². The van der Waals surface area contributed by atoms with Crippen LogP contribution in [0.25, 0.3) is 0 Å². The molecule has 3 aliphatic rings. The molecule has 2 aromatic rings. The molecule has 1 aromatic carbocycles. The number of esters is 1. The summed E-state index contributed by atoms with van der Waals surface area (Å²) in [5.74, 6) is -4.19. The fourth-order valence-electron chi connectivity index (χ4n) is 11.0. The van der Waals surface area contributed by atoms with Gasteiger partial charge < -0.3 is 68.8 Å². The third kappa shape index (κ3) is 12.7. The SMILES string of the molecule is CCCNC[C@]1(O)[C@H](C)OC(O[C@H]2[C@H](C)[C@@H](O[C@@H]3O[C@H](C)C[C@H](N(C)S(=O)(=O)c4nccn4C)[C@H]3Oc3c(C)cccc3F)[C@](C)(O)C[C@@H](C)CN[C@H](C)[C@@H](O)[C@](C)(O)[C@@H](CC)OC(=O)[C@@H]2C)C[C@@]1(C)OC. The van der Waals surface area contributed by atoms with Gasteiger partial charge >= 0.3 is 5.97 Å². The first kappa shape index (κ1) is 60.0. The number of nitrogens with zero attached hydrogens (tertiary/aromatic N) is 3. The lowest BCUT2D eigenvalue weighted by atomic mass is 9.75. The summed E-state index contributed by atoms with van der Waals surface area (Å²) < 4.78 is 93.2. The van der Waals surface area contributed by atoms with Crippen molar-refractivity contribution in [2.75, 3.05) is 33.8 Å². The smallest absolute Gasteiger partial charge is 0.311 e. The van der Waals surface area contributed by atoms with Crippen molar-refractivity contribution < 1.29 is 71.2 Å². The molecular formula is C51H86FN5O14S. The molecule has 412 valence electrons. The van der Waals surface area contributed by atoms with Crippen LogP contribution in [0.2, 0.25) is 0 Å². The molecule has 0 saturated carbocycles. The van der Waals surface area contributed by atoms with Crippen LogP contribution < -0.4 is 15.4 Å². The maximum Gasteiger partial charge on any atom is 0.311 e. The third-order valence-corrected chi connectivity index (χ3v) is 17.5. The van der Waals surface area contributed by atoms with Gasteiger partial charge in [-0.15, -0.1) is 0 Å². The van der Waals surface area contributed by atoms with Gasteiger partial charge in [-0.05, 0) is 112 Å². The number of hydrogen-bond donors (Lipinski definition) is 6. The number of aryl methyl sites for hydroxylation is 2. The van der Waals surface area contributed by atoms with Crippen LogP contribution in [0.1, 0.15) is 114 Å². The lowest BCUT2D eigenvalue weighted by Crippen LogP contribution is -2.70. The Labute approximate surface area is 426 Å². The fraction of sp³-hybridized carbons (Fsp3) is 0.804. The van der Waals surface area contributed by atoms with Crippen molar-refractivity contribution in [3.8, 4) is 5.75 Å². The number of hydrogen-bond acceptors (Lipinski definition) is 17. The normalized spacial score (nSPS) is 40.0. The standard InChI is InChI=1S/C51H86FN5O14S/c1-16-21-53-28-51(62)35(9)67-39(26-49(51,11)65-15)69-41-32(6)44(48(10,60)25-29(3)27-55-34(8)43(58)50(12,61)38(17-2)68-45(59)33(41)7)71-46-42(70-40-30(4)19-18-20-36(40)52)37(24-31(5)66-46)57(14)72(63,64)47-54-22-23-56(47)13/h18-20,22-23,29,31-35,37-39,41-44,46,53,55,58,60-62H,16-17,21,24-28H2,1-15H3/t29-,31-,32+,33-,34-,35+,37+,38-,39?,41+,42-,43-,44-,46+,48-,49-,50-,51+/m1/s1. The molecular weight excluding hydrogens is 958 g/mol. The minimum atomic E-state index is -4.33. The zero-order chi connectivity index (χ0) is 53.9. The molecule has 3 saturated heterocycles. The predicted octanol–water partition coefficient (Wildman–Crippen LogP) is 3.96. The number of benzene rings is 1. The van der Waals surface area contributed by atoms with Gasteiger partial charge in [0.25, 0.3) is 10.0 Å². The summed E-state index contributed by atoms with van der Waals surface area (Å²) in [5.41, 5.74) is -6.09. The summed E-state index contributed by atoms with van der Waals surface area (Å²) >= 11 is 0. The quantitative estimate of drug-likeness (QED) is 0.109. The molecule has 1 unspecified atom stereocenters. The van der Waals surface area contributed by atoms with Crippen LogP contribution >= 0.6 is 0 Å². The number of aliphatic hydroxyl groups excluding tert-OH is 1. The average molecular weight is 1040 g/mol. The summed E-state index contributed by atoms with van der Waals surface area (Å²) in [7, 11) is 0.110. The molecule has 3 aliphatic heterocycles. The molecule has 4 heterocycles. The second-order valence-corrected chi connectivity index (χ2v) is 23.4. The molecule has 0 bridgehead atoms. The molecule has 6 N–H and O–H groups in total. The molecule has 0 spiro atoms. The summed E-state index contributed by atoms with van der Waals surface area (Å²) in [6.07, 6.45) is -6.76. The number of ether oxygens (including phenoxy) is 7. The van der Waals surface area contributed by atoms with Crippen LogP contribution in [-0.2, 0) is 50.3 Å². The minimum absolute atomic E-state index is 0.0101. The molecule has 3 fully saturated rings. The van der Waals surface area contributed by atoms with Crippen molar-refractivity contribution in [1.82, 2.24) is 24.5 Å². The summed E-state index contributed by atoms with van der Waals surface area (Å²) in [4.78, 5) is 18.9. The molecule has 21 heteroatoms. The van der Waals surface area contributed by atoms with Crippen LogP contribution in [0.15, 0.2) is 35.7 Å². The van der Waals surface area contributed by atoms with E-state index in [1.165, 1.54) is 50.2 Å². The maximum absolute atomic E-state index is 15.9. The Morgan fingerprint density at radius 1 is 1.03 bits per heavy atom. The summed E-state index contributed by atoms with van der Waals surface area (Å²) in [5, 5.41) is 55.1. The van der Waals surface area contributed by atoms with E-state index < -0.39 is 123 Å². The van der Waals surface area contributed by atoms with Gasteiger partial charge in [0.05, 0.1) is 42.0 Å². The first-order valence-electron chi connectivity index (χ1n) is 25.5. The van der Waals surface area contributed by atoms with Gasteiger partial charge in [0.15, 0.2) is 30.3 Å². The van der Waals surface area contributed by atoms with Gasteiger partial charge in [-0.3, -0.25) is 4.79 Å². The van der Waals surface area contributed by atoms with E-state index in [4.69, 9.17) is 33.2 Å². The van der Waals surface area contributed by atoms with Crippen LogP contribution in [-0.4, -0.2) is 172 Å². The maximum atomic E-state index is 15.9. The zero-order valence-corrected chi connectivity index (χ0v) is 45.9. The second kappa shape index (κ2) is 24.0. The number of cyclic esters (lactones) is 1. The molecule has 0 aliphatic carbocycles. The van der Waals surface area contributed by atoms with Gasteiger partial charge in [-0.1, -0.05) is 39.8 Å². The topological polar surface area (TPSA) is 242 Å². The number of aliphatic hydroxyl groups is 4. The molecule has 1 aromatic heterocycles. The van der Waals surface area contributed by atoms with Crippen LogP contribution in [0.3, 0.4) is 0 Å². The van der Waals surface area contributed by atoms with E-state index in [0.717, 1.165) is 10.7 Å². The number of aromatic nitrogens is 2. The van der Waals surface area contributed by atoms with Crippen molar-refractivity contribution >= 4 is 16.0 Å². The van der Waals surface area contributed by atoms with Crippen molar-refractivity contribution in [3.63, 3.8) is 0 Å². The number of halogens is 1. The largest absolute Gasteiger partial charge is 0.480 e. The van der Waals surface area contributed by atoms with Gasteiger partial charge in [-0.2, -0.15) is 4.31 Å². The lowest BCUT2D eigenvalue weighted by Gasteiger charge is -2.53. The molecule has 18 atom stereocenters. The Hall–Kier alpha value is -2.90. The fourth-order valence-corrected chi connectivity index (χ4v) is 12.4.